The van der Waals surface area contributed by atoms with Crippen molar-refractivity contribution in [3.8, 4) is 0 Å². The second kappa shape index (κ2) is 9.55. The van der Waals surface area contributed by atoms with Crippen molar-refractivity contribution in [1.29, 1.82) is 0 Å². The van der Waals surface area contributed by atoms with E-state index < -0.39 is 22.6 Å². The summed E-state index contributed by atoms with van der Waals surface area (Å²) in [5.41, 5.74) is 1.28. The molecule has 0 aliphatic carbocycles. The minimum atomic E-state index is -0.562. The van der Waals surface area contributed by atoms with Crippen LogP contribution in [0, 0.1) is 15.9 Å². The number of non-ortho nitro benzene ring substituents is 1. The number of hydrogen-bond acceptors (Lipinski definition) is 5. The van der Waals surface area contributed by atoms with E-state index in [9.17, 15) is 24.1 Å². The zero-order valence-electron chi connectivity index (χ0n) is 15.8. The number of nitrogens with one attached hydrogen (secondary N) is 3. The number of anilines is 2. The van der Waals surface area contributed by atoms with Crippen molar-refractivity contribution in [1.82, 2.24) is 5.32 Å². The zero-order valence-corrected chi connectivity index (χ0v) is 16.6. The van der Waals surface area contributed by atoms with Gasteiger partial charge >= 0.3 is 0 Å². The number of carbonyl (C=O) groups is 2. The fourth-order valence-electron chi connectivity index (χ4n) is 2.55. The molecule has 0 heterocycles. The number of nitrogens with zero attached hydrogens (tertiary/aromatic N) is 1. The fourth-order valence-corrected chi connectivity index (χ4v) is 2.76. The van der Waals surface area contributed by atoms with Gasteiger partial charge in [-0.3, -0.25) is 25.0 Å². The first kappa shape index (κ1) is 21.5. The molecule has 31 heavy (non-hydrogen) atoms. The molecule has 0 fully saturated rings. The summed E-state index contributed by atoms with van der Waals surface area (Å²) in [5.74, 6) is -1.36. The topological polar surface area (TPSA) is 113 Å². The molecule has 156 valence electrons. The summed E-state index contributed by atoms with van der Waals surface area (Å²) in [7, 11) is 0. The molecule has 0 radical (unpaired) electrons. The second-order valence-corrected chi connectivity index (χ2v) is 6.66. The Balaban J connectivity index is 1.61. The highest BCUT2D eigenvalue weighted by molar-refractivity contribution is 7.80. The Hall–Kier alpha value is -4.18. The molecule has 0 aromatic heterocycles. The van der Waals surface area contributed by atoms with Gasteiger partial charge < -0.3 is 10.6 Å². The van der Waals surface area contributed by atoms with Crippen molar-refractivity contribution in [3.05, 3.63) is 99.9 Å². The third-order valence-electron chi connectivity index (χ3n) is 4.05. The van der Waals surface area contributed by atoms with Crippen molar-refractivity contribution in [2.45, 2.75) is 0 Å². The van der Waals surface area contributed by atoms with Crippen molar-refractivity contribution in [2.24, 2.45) is 0 Å². The largest absolute Gasteiger partial charge is 0.332 e. The normalized spacial score (nSPS) is 10.1. The molecule has 0 unspecified atom stereocenters. The quantitative estimate of drug-likeness (QED) is 0.314. The first-order chi connectivity index (χ1) is 14.8. The Bertz CT molecular complexity index is 1150. The number of nitro benzene ring substituents is 1. The Labute approximate surface area is 181 Å². The Morgan fingerprint density at radius 3 is 2.16 bits per heavy atom. The molecular weight excluding hydrogens is 423 g/mol. The SMILES string of the molecule is O=C(NC(=S)Nc1cccc(C(=O)Nc2ccc(F)cc2)c1)c1ccc([N+](=O)[O-])cc1. The Kier molecular flexibility index (Phi) is 6.63. The van der Waals surface area contributed by atoms with Crippen LogP contribution < -0.4 is 16.0 Å². The number of thiocarbonyl (C=S) groups is 1. The molecule has 0 spiro atoms. The van der Waals surface area contributed by atoms with Gasteiger partial charge in [0.25, 0.3) is 17.5 Å². The van der Waals surface area contributed by atoms with Crippen LogP contribution in [0.3, 0.4) is 0 Å². The summed E-state index contributed by atoms with van der Waals surface area (Å²) in [5, 5.41) is 18.6. The molecule has 0 saturated heterocycles. The van der Waals surface area contributed by atoms with E-state index in [4.69, 9.17) is 12.2 Å². The van der Waals surface area contributed by atoms with Gasteiger partial charge in [0.1, 0.15) is 5.82 Å². The highest BCUT2D eigenvalue weighted by atomic mass is 32.1. The number of benzene rings is 3. The highest BCUT2D eigenvalue weighted by Crippen LogP contribution is 2.15. The van der Waals surface area contributed by atoms with Crippen molar-refractivity contribution in [2.75, 3.05) is 10.6 Å². The third kappa shape index (κ3) is 5.90. The van der Waals surface area contributed by atoms with Crippen molar-refractivity contribution >= 4 is 46.2 Å². The van der Waals surface area contributed by atoms with Crippen LogP contribution >= 0.6 is 12.2 Å². The molecular formula is C21H15FN4O4S. The summed E-state index contributed by atoms with van der Waals surface area (Å²) in [6.07, 6.45) is 0. The third-order valence-corrected chi connectivity index (χ3v) is 4.26. The summed E-state index contributed by atoms with van der Waals surface area (Å²) >= 11 is 5.12. The lowest BCUT2D eigenvalue weighted by molar-refractivity contribution is -0.384. The Morgan fingerprint density at radius 1 is 0.839 bits per heavy atom. The van der Waals surface area contributed by atoms with Gasteiger partial charge in [0, 0.05) is 34.6 Å². The number of rotatable bonds is 5. The lowest BCUT2D eigenvalue weighted by Gasteiger charge is -2.11. The predicted octanol–water partition coefficient (Wildman–Crippen LogP) is 4.11. The Morgan fingerprint density at radius 2 is 1.52 bits per heavy atom. The maximum atomic E-state index is 13.0. The van der Waals surface area contributed by atoms with E-state index in [2.05, 4.69) is 16.0 Å². The summed E-state index contributed by atoms with van der Waals surface area (Å²) in [4.78, 5) is 34.7. The number of carbonyl (C=O) groups excluding carboxylic acids is 2. The van der Waals surface area contributed by atoms with Crippen molar-refractivity contribution in [3.63, 3.8) is 0 Å². The second-order valence-electron chi connectivity index (χ2n) is 6.25. The average molecular weight is 438 g/mol. The summed E-state index contributed by atoms with van der Waals surface area (Å²) in [6, 6.07) is 16.8. The first-order valence-electron chi connectivity index (χ1n) is 8.85. The van der Waals surface area contributed by atoms with Crippen LogP contribution in [-0.2, 0) is 0 Å². The lowest BCUT2D eigenvalue weighted by Crippen LogP contribution is -2.34. The summed E-state index contributed by atoms with van der Waals surface area (Å²) in [6.45, 7) is 0. The molecule has 3 aromatic rings. The van der Waals surface area contributed by atoms with Crippen LogP contribution in [-0.4, -0.2) is 21.9 Å². The maximum Gasteiger partial charge on any atom is 0.269 e. The van der Waals surface area contributed by atoms with Crippen LogP contribution in [0.25, 0.3) is 0 Å². The molecule has 0 aliphatic rings. The number of hydrogen-bond donors (Lipinski definition) is 3. The number of amides is 2. The van der Waals surface area contributed by atoms with Gasteiger partial charge in [-0.2, -0.15) is 0 Å². The highest BCUT2D eigenvalue weighted by Gasteiger charge is 2.12. The van der Waals surface area contributed by atoms with Gasteiger partial charge in [-0.15, -0.1) is 0 Å². The van der Waals surface area contributed by atoms with E-state index in [0.29, 0.717) is 16.9 Å². The molecule has 0 atom stereocenters. The fraction of sp³-hybridized carbons (Fsp3) is 0. The van der Waals surface area contributed by atoms with Crippen molar-refractivity contribution < 1.29 is 18.9 Å². The minimum absolute atomic E-state index is 0.0144. The molecule has 0 aliphatic heterocycles. The van der Waals surface area contributed by atoms with Gasteiger partial charge in [0.05, 0.1) is 4.92 Å². The van der Waals surface area contributed by atoms with Crippen LogP contribution in [0.5, 0.6) is 0 Å². The smallest absolute Gasteiger partial charge is 0.269 e. The number of halogens is 1. The van der Waals surface area contributed by atoms with Crippen LogP contribution in [0.15, 0.2) is 72.8 Å². The molecule has 0 saturated carbocycles. The molecule has 3 N–H and O–H groups in total. The van der Waals surface area contributed by atoms with Gasteiger partial charge in [-0.1, -0.05) is 6.07 Å². The summed E-state index contributed by atoms with van der Waals surface area (Å²) < 4.78 is 13.0. The van der Waals surface area contributed by atoms with Crippen LogP contribution in [0.1, 0.15) is 20.7 Å². The predicted molar refractivity (Wildman–Crippen MR) is 118 cm³/mol. The molecule has 2 amide bonds. The van der Waals surface area contributed by atoms with E-state index in [0.717, 1.165) is 0 Å². The zero-order chi connectivity index (χ0) is 22.4. The lowest BCUT2D eigenvalue weighted by atomic mass is 10.2. The molecule has 3 rings (SSSR count). The minimum Gasteiger partial charge on any atom is -0.332 e. The molecule has 10 heteroatoms. The maximum absolute atomic E-state index is 13.0. The van der Waals surface area contributed by atoms with E-state index in [-0.39, 0.29) is 16.4 Å². The molecule has 3 aromatic carbocycles. The van der Waals surface area contributed by atoms with Gasteiger partial charge in [-0.05, 0) is 66.8 Å². The van der Waals surface area contributed by atoms with E-state index in [1.54, 1.807) is 18.2 Å². The van der Waals surface area contributed by atoms with Gasteiger partial charge in [0.2, 0.25) is 0 Å². The first-order valence-corrected chi connectivity index (χ1v) is 9.26. The van der Waals surface area contributed by atoms with E-state index in [1.165, 1.54) is 54.6 Å². The van der Waals surface area contributed by atoms with E-state index >= 15 is 0 Å². The molecule has 8 nitrogen and oxygen atoms in total. The number of nitro groups is 1. The standard InChI is InChI=1S/C21H15FN4O4S/c22-15-6-8-16(9-7-15)23-20(28)14-2-1-3-17(12-14)24-21(31)25-19(27)13-4-10-18(11-5-13)26(29)30/h1-12H,(H,23,28)(H2,24,25,27,31). The molecule has 0 bridgehead atoms. The van der Waals surface area contributed by atoms with Crippen LogP contribution in [0.4, 0.5) is 21.5 Å². The monoisotopic (exact) mass is 438 g/mol. The van der Waals surface area contributed by atoms with Gasteiger partial charge in [0.15, 0.2) is 5.11 Å². The average Bonchev–Trinajstić information content (AvgIpc) is 2.75. The van der Waals surface area contributed by atoms with Gasteiger partial charge in [-0.25, -0.2) is 4.39 Å². The van der Waals surface area contributed by atoms with E-state index in [1.807, 2.05) is 0 Å². The van der Waals surface area contributed by atoms with Crippen LogP contribution in [0.2, 0.25) is 0 Å².